The summed E-state index contributed by atoms with van der Waals surface area (Å²) in [6.07, 6.45) is 5.68. The Bertz CT molecular complexity index is 621. The molecule has 1 heterocycles. The number of fused-ring (bicyclic) bond motifs is 1. The molecule has 0 unspecified atom stereocenters. The van der Waals surface area contributed by atoms with E-state index in [1.807, 2.05) is 19.2 Å². The number of rotatable bonds is 8. The maximum absolute atomic E-state index is 12.4. The van der Waals surface area contributed by atoms with Crippen molar-refractivity contribution in [1.82, 2.24) is 16.3 Å². The SMILES string of the molecule is CCCCC[C@H](CNO)C(=O)NNC(=O)c1ccc2c(c1)CCCN2C. The molecule has 1 aliphatic heterocycles. The Morgan fingerprint density at radius 2 is 2.08 bits per heavy atom. The Morgan fingerprint density at radius 3 is 2.81 bits per heavy atom. The Hall–Kier alpha value is -2.12. The van der Waals surface area contributed by atoms with Gasteiger partial charge < -0.3 is 10.1 Å². The van der Waals surface area contributed by atoms with Crippen molar-refractivity contribution in [3.05, 3.63) is 29.3 Å². The van der Waals surface area contributed by atoms with Gasteiger partial charge in [-0.2, -0.15) is 0 Å². The van der Waals surface area contributed by atoms with E-state index in [0.29, 0.717) is 12.0 Å². The van der Waals surface area contributed by atoms with Crippen molar-refractivity contribution in [3.63, 3.8) is 0 Å². The number of hydrogen-bond acceptors (Lipinski definition) is 5. The van der Waals surface area contributed by atoms with Gasteiger partial charge in [0.15, 0.2) is 0 Å². The van der Waals surface area contributed by atoms with Crippen molar-refractivity contribution in [2.45, 2.75) is 45.4 Å². The van der Waals surface area contributed by atoms with Crippen LogP contribution in [0.4, 0.5) is 5.69 Å². The van der Waals surface area contributed by atoms with Crippen LogP contribution in [0.25, 0.3) is 0 Å². The minimum Gasteiger partial charge on any atom is -0.374 e. The fourth-order valence-corrected chi connectivity index (χ4v) is 3.30. The van der Waals surface area contributed by atoms with Crippen molar-refractivity contribution in [1.29, 1.82) is 0 Å². The molecule has 26 heavy (non-hydrogen) atoms. The van der Waals surface area contributed by atoms with Crippen LogP contribution < -0.4 is 21.2 Å². The first kappa shape index (κ1) is 20.2. The minimum atomic E-state index is -0.385. The molecule has 0 aliphatic carbocycles. The average molecular weight is 362 g/mol. The number of nitrogens with one attached hydrogen (secondary N) is 3. The number of hydroxylamine groups is 1. The number of hydrazine groups is 1. The highest BCUT2D eigenvalue weighted by Gasteiger charge is 2.19. The Labute approximate surface area is 155 Å². The second-order valence-corrected chi connectivity index (χ2v) is 6.87. The third-order valence-corrected chi connectivity index (χ3v) is 4.86. The maximum atomic E-state index is 12.4. The number of carbonyl (C=O) groups is 2. The van der Waals surface area contributed by atoms with Crippen LogP contribution in [0, 0.1) is 5.92 Å². The summed E-state index contributed by atoms with van der Waals surface area (Å²) in [5, 5.41) is 8.91. The second kappa shape index (κ2) is 10.1. The number of anilines is 1. The smallest absolute Gasteiger partial charge is 0.269 e. The molecule has 2 rings (SSSR count). The van der Waals surface area contributed by atoms with Gasteiger partial charge in [-0.3, -0.25) is 20.4 Å². The van der Waals surface area contributed by atoms with E-state index in [9.17, 15) is 9.59 Å². The van der Waals surface area contributed by atoms with Gasteiger partial charge in [0, 0.05) is 31.4 Å². The van der Waals surface area contributed by atoms with Crippen LogP contribution in [0.1, 0.15) is 54.9 Å². The highest BCUT2D eigenvalue weighted by molar-refractivity contribution is 5.96. The summed E-state index contributed by atoms with van der Waals surface area (Å²) < 4.78 is 0. The number of carbonyl (C=O) groups excluding carboxylic acids is 2. The first-order valence-electron chi connectivity index (χ1n) is 9.38. The fraction of sp³-hybridized carbons (Fsp3) is 0.579. The normalized spacial score (nSPS) is 14.5. The lowest BCUT2D eigenvalue weighted by molar-refractivity contribution is -0.126. The predicted octanol–water partition coefficient (Wildman–Crippen LogP) is 2.01. The molecule has 4 N–H and O–H groups in total. The van der Waals surface area contributed by atoms with E-state index >= 15 is 0 Å². The van der Waals surface area contributed by atoms with Crippen LogP contribution >= 0.6 is 0 Å². The number of amides is 2. The summed E-state index contributed by atoms with van der Waals surface area (Å²) in [5.41, 5.74) is 9.86. The lowest BCUT2D eigenvalue weighted by Crippen LogP contribution is -2.46. The van der Waals surface area contributed by atoms with Crippen LogP contribution in [0.3, 0.4) is 0 Å². The highest BCUT2D eigenvalue weighted by Crippen LogP contribution is 2.26. The summed E-state index contributed by atoms with van der Waals surface area (Å²) in [7, 11) is 2.05. The molecule has 0 bridgehead atoms. The van der Waals surface area contributed by atoms with Gasteiger partial charge in [0.2, 0.25) is 5.91 Å². The van der Waals surface area contributed by atoms with Gasteiger partial charge in [-0.15, -0.1) is 0 Å². The van der Waals surface area contributed by atoms with Gasteiger partial charge in [-0.1, -0.05) is 26.2 Å². The van der Waals surface area contributed by atoms with Crippen LogP contribution in [-0.2, 0) is 11.2 Å². The molecule has 1 aromatic carbocycles. The van der Waals surface area contributed by atoms with Crippen LogP contribution in [-0.4, -0.2) is 37.2 Å². The van der Waals surface area contributed by atoms with Crippen LogP contribution in [0.15, 0.2) is 18.2 Å². The number of nitrogens with zero attached hydrogens (tertiary/aromatic N) is 1. The van der Waals surface area contributed by atoms with Gasteiger partial charge in [0.1, 0.15) is 0 Å². The minimum absolute atomic E-state index is 0.163. The summed E-state index contributed by atoms with van der Waals surface area (Å²) in [4.78, 5) is 26.8. The summed E-state index contributed by atoms with van der Waals surface area (Å²) in [6, 6.07) is 5.62. The maximum Gasteiger partial charge on any atom is 0.269 e. The largest absolute Gasteiger partial charge is 0.374 e. The van der Waals surface area contributed by atoms with Gasteiger partial charge in [0.05, 0.1) is 5.92 Å². The zero-order valence-corrected chi connectivity index (χ0v) is 15.7. The van der Waals surface area contributed by atoms with Crippen molar-refractivity contribution in [2.24, 2.45) is 5.92 Å². The quantitative estimate of drug-likeness (QED) is 0.419. The summed E-state index contributed by atoms with van der Waals surface area (Å²) >= 11 is 0. The first-order chi connectivity index (χ1) is 12.6. The first-order valence-corrected chi connectivity index (χ1v) is 9.38. The molecule has 2 amide bonds. The lowest BCUT2D eigenvalue weighted by atomic mass is 9.99. The zero-order valence-electron chi connectivity index (χ0n) is 15.7. The van der Waals surface area contributed by atoms with Gasteiger partial charge >= 0.3 is 0 Å². The molecule has 1 aliphatic rings. The Balaban J connectivity index is 1.91. The Kier molecular flexibility index (Phi) is 7.87. The molecule has 0 fully saturated rings. The van der Waals surface area contributed by atoms with Crippen LogP contribution in [0.5, 0.6) is 0 Å². The molecule has 0 aromatic heterocycles. The molecule has 1 aromatic rings. The third-order valence-electron chi connectivity index (χ3n) is 4.86. The van der Waals surface area contributed by atoms with E-state index in [4.69, 9.17) is 5.21 Å². The van der Waals surface area contributed by atoms with Crippen molar-refractivity contribution >= 4 is 17.5 Å². The molecule has 0 radical (unpaired) electrons. The highest BCUT2D eigenvalue weighted by atomic mass is 16.5. The second-order valence-electron chi connectivity index (χ2n) is 6.87. The molecule has 0 saturated carbocycles. The Morgan fingerprint density at radius 1 is 1.27 bits per heavy atom. The van der Waals surface area contributed by atoms with Gasteiger partial charge in [0.25, 0.3) is 5.91 Å². The van der Waals surface area contributed by atoms with E-state index in [-0.39, 0.29) is 24.3 Å². The predicted molar refractivity (Wildman–Crippen MR) is 101 cm³/mol. The number of unbranched alkanes of at least 4 members (excludes halogenated alkanes) is 2. The van der Waals surface area contributed by atoms with Crippen LogP contribution in [0.2, 0.25) is 0 Å². The fourth-order valence-electron chi connectivity index (χ4n) is 3.30. The molecule has 7 heteroatoms. The molecular weight excluding hydrogens is 332 g/mol. The van der Waals surface area contributed by atoms with Gasteiger partial charge in [-0.05, 0) is 43.0 Å². The number of benzene rings is 1. The molecule has 144 valence electrons. The van der Waals surface area contributed by atoms with E-state index < -0.39 is 0 Å². The van der Waals surface area contributed by atoms with Crippen molar-refractivity contribution < 1.29 is 14.8 Å². The molecule has 0 saturated heterocycles. The zero-order chi connectivity index (χ0) is 18.9. The standard InChI is InChI=1S/C19H30N4O3/c1-3-4-5-7-16(13-20-26)19(25)22-21-18(24)15-9-10-17-14(12-15)8-6-11-23(17)2/h9-10,12,16,20,26H,3-8,11,13H2,1-2H3,(H,21,24)(H,22,25)/t16-/m1/s1. The van der Waals surface area contributed by atoms with Crippen molar-refractivity contribution in [3.8, 4) is 0 Å². The van der Waals surface area contributed by atoms with E-state index in [1.165, 1.54) is 0 Å². The molecular formula is C19H30N4O3. The van der Waals surface area contributed by atoms with E-state index in [0.717, 1.165) is 49.9 Å². The average Bonchev–Trinajstić information content (AvgIpc) is 2.65. The van der Waals surface area contributed by atoms with E-state index in [1.54, 1.807) is 6.07 Å². The summed E-state index contributed by atoms with van der Waals surface area (Å²) in [6.45, 7) is 3.28. The monoisotopic (exact) mass is 362 g/mol. The molecule has 7 nitrogen and oxygen atoms in total. The van der Waals surface area contributed by atoms with Gasteiger partial charge in [-0.25, -0.2) is 5.48 Å². The lowest BCUT2D eigenvalue weighted by Gasteiger charge is -2.27. The van der Waals surface area contributed by atoms with E-state index in [2.05, 4.69) is 28.2 Å². The number of aryl methyl sites for hydroxylation is 1. The van der Waals surface area contributed by atoms with Crippen molar-refractivity contribution in [2.75, 3.05) is 25.0 Å². The molecule has 0 spiro atoms. The number of hydrogen-bond donors (Lipinski definition) is 4. The summed E-state index contributed by atoms with van der Waals surface area (Å²) in [5.74, 6) is -1.02. The molecule has 1 atom stereocenters. The third kappa shape index (κ3) is 5.44. The topological polar surface area (TPSA) is 93.7 Å².